The molecule has 0 bridgehead atoms. The van der Waals surface area contributed by atoms with Gasteiger partial charge in [0.1, 0.15) is 0 Å². The van der Waals surface area contributed by atoms with E-state index in [4.69, 9.17) is 9.97 Å². The van der Waals surface area contributed by atoms with Crippen LogP contribution in [0.1, 0.15) is 22.3 Å². The number of fused-ring (bicyclic) bond motifs is 3. The number of hydrogen-bond acceptors (Lipinski definition) is 2. The quantitative estimate of drug-likeness (QED) is 0.154. The molecular formula is C59H40N2. The first-order chi connectivity index (χ1) is 30.2. The normalized spacial score (nSPS) is 12.4. The molecule has 1 aliphatic carbocycles. The molecule has 0 saturated heterocycles. The molecule has 2 heteroatoms. The molecule has 0 atom stereocenters. The van der Waals surface area contributed by atoms with E-state index in [1.807, 2.05) is 12.1 Å². The van der Waals surface area contributed by atoms with Gasteiger partial charge in [0, 0.05) is 16.7 Å². The van der Waals surface area contributed by atoms with Gasteiger partial charge >= 0.3 is 0 Å². The van der Waals surface area contributed by atoms with Crippen molar-refractivity contribution in [2.24, 2.45) is 0 Å². The molecule has 0 aliphatic heterocycles. The molecule has 10 aromatic rings. The van der Waals surface area contributed by atoms with Gasteiger partial charge in [0.2, 0.25) is 0 Å². The molecule has 11 rings (SSSR count). The van der Waals surface area contributed by atoms with E-state index >= 15 is 0 Å². The Balaban J connectivity index is 0.957. The summed E-state index contributed by atoms with van der Waals surface area (Å²) in [6.07, 6.45) is 0. The van der Waals surface area contributed by atoms with Crippen molar-refractivity contribution < 1.29 is 0 Å². The van der Waals surface area contributed by atoms with E-state index in [1.165, 1.54) is 50.1 Å². The Morgan fingerprint density at radius 3 is 1.13 bits per heavy atom. The lowest BCUT2D eigenvalue weighted by Gasteiger charge is -2.33. The smallest absolute Gasteiger partial charge is 0.160 e. The highest BCUT2D eigenvalue weighted by Gasteiger charge is 2.45. The minimum absolute atomic E-state index is 0.409. The van der Waals surface area contributed by atoms with Crippen molar-refractivity contribution in [3.8, 4) is 78.4 Å². The van der Waals surface area contributed by atoms with Crippen LogP contribution in [0.5, 0.6) is 0 Å². The first kappa shape index (κ1) is 36.2. The zero-order chi connectivity index (χ0) is 40.6. The van der Waals surface area contributed by atoms with E-state index in [1.54, 1.807) is 0 Å². The summed E-state index contributed by atoms with van der Waals surface area (Å²) in [4.78, 5) is 10.2. The van der Waals surface area contributed by atoms with Crippen LogP contribution < -0.4 is 0 Å². The van der Waals surface area contributed by atoms with Crippen molar-refractivity contribution in [2.45, 2.75) is 5.41 Å². The van der Waals surface area contributed by atoms with Gasteiger partial charge in [0.05, 0.1) is 16.8 Å². The maximum atomic E-state index is 5.10. The molecule has 0 fully saturated rings. The SMILES string of the molecule is c1ccc(-c2cc(-c3ccccc3)nc(-c3cccc(-c4cccc(-c5cccc(-c6ccc7c(c6)-c6ccccc6C7(c6ccccc6)c6ccccc6)c5)c4)c3)n2)cc1. The van der Waals surface area contributed by atoms with Crippen LogP contribution in [0.4, 0.5) is 0 Å². The van der Waals surface area contributed by atoms with Gasteiger partial charge in [-0.1, -0.05) is 212 Å². The second-order valence-corrected chi connectivity index (χ2v) is 15.7. The number of rotatable bonds is 8. The number of benzene rings is 9. The second-order valence-electron chi connectivity index (χ2n) is 15.7. The average molecular weight is 777 g/mol. The summed E-state index contributed by atoms with van der Waals surface area (Å²) >= 11 is 0. The van der Waals surface area contributed by atoms with Gasteiger partial charge in [0.25, 0.3) is 0 Å². The fraction of sp³-hybridized carbons (Fsp3) is 0.0169. The summed E-state index contributed by atoms with van der Waals surface area (Å²) in [7, 11) is 0. The van der Waals surface area contributed by atoms with Crippen molar-refractivity contribution in [3.05, 3.63) is 265 Å². The first-order valence-electron chi connectivity index (χ1n) is 20.9. The second kappa shape index (κ2) is 15.3. The first-order valence-corrected chi connectivity index (χ1v) is 20.9. The highest BCUT2D eigenvalue weighted by molar-refractivity contribution is 5.89. The lowest BCUT2D eigenvalue weighted by atomic mass is 9.67. The van der Waals surface area contributed by atoms with Gasteiger partial charge in [-0.05, 0) is 97.1 Å². The fourth-order valence-electron chi connectivity index (χ4n) is 9.31. The molecule has 9 aromatic carbocycles. The maximum Gasteiger partial charge on any atom is 0.160 e. The van der Waals surface area contributed by atoms with E-state index < -0.39 is 5.41 Å². The fourth-order valence-corrected chi connectivity index (χ4v) is 9.31. The Kier molecular flexibility index (Phi) is 9.09. The molecule has 1 heterocycles. The Labute approximate surface area is 357 Å². The molecule has 0 unspecified atom stereocenters. The molecule has 0 N–H and O–H groups in total. The monoisotopic (exact) mass is 776 g/mol. The molecule has 1 aromatic heterocycles. The predicted octanol–water partition coefficient (Wildman–Crippen LogP) is 14.8. The van der Waals surface area contributed by atoms with Crippen LogP contribution in [0.2, 0.25) is 0 Å². The summed E-state index contributed by atoms with van der Waals surface area (Å²) in [5, 5.41) is 0. The third kappa shape index (κ3) is 6.46. The summed E-state index contributed by atoms with van der Waals surface area (Å²) in [5.41, 5.74) is 19.2. The number of nitrogens with zero attached hydrogens (tertiary/aromatic N) is 2. The molecule has 0 amide bonds. The zero-order valence-corrected chi connectivity index (χ0v) is 33.5. The average Bonchev–Trinajstić information content (AvgIpc) is 3.65. The minimum Gasteiger partial charge on any atom is -0.228 e. The third-order valence-corrected chi connectivity index (χ3v) is 12.2. The van der Waals surface area contributed by atoms with Crippen LogP contribution in [0.3, 0.4) is 0 Å². The van der Waals surface area contributed by atoms with Crippen molar-refractivity contribution in [3.63, 3.8) is 0 Å². The van der Waals surface area contributed by atoms with E-state index in [-0.39, 0.29) is 0 Å². The van der Waals surface area contributed by atoms with Crippen molar-refractivity contribution in [1.29, 1.82) is 0 Å². The van der Waals surface area contributed by atoms with Gasteiger partial charge in [-0.15, -0.1) is 0 Å². The standard InChI is InChI=1S/C59H40N2/c1-5-18-41(19-6-1)56-40-57(42-20-7-2-8-21-42)61-58(60-56)49-27-17-26-47(38-49)45-24-15-22-43(36-45)44-23-16-25-46(37-44)48-34-35-55-53(39-48)52-32-13-14-33-54(52)59(55,50-28-9-3-10-29-50)51-30-11-4-12-31-51/h1-40H. The molecule has 0 saturated carbocycles. The number of aromatic nitrogens is 2. The largest absolute Gasteiger partial charge is 0.228 e. The lowest BCUT2D eigenvalue weighted by Crippen LogP contribution is -2.28. The molecule has 286 valence electrons. The van der Waals surface area contributed by atoms with E-state index in [0.29, 0.717) is 5.82 Å². The molecular weight excluding hydrogens is 737 g/mol. The van der Waals surface area contributed by atoms with Gasteiger partial charge in [-0.2, -0.15) is 0 Å². The Morgan fingerprint density at radius 1 is 0.246 bits per heavy atom. The van der Waals surface area contributed by atoms with Crippen molar-refractivity contribution in [2.75, 3.05) is 0 Å². The van der Waals surface area contributed by atoms with Crippen LogP contribution >= 0.6 is 0 Å². The van der Waals surface area contributed by atoms with Crippen LogP contribution in [0.15, 0.2) is 243 Å². The molecule has 61 heavy (non-hydrogen) atoms. The van der Waals surface area contributed by atoms with Crippen molar-refractivity contribution in [1.82, 2.24) is 9.97 Å². The summed E-state index contributed by atoms with van der Waals surface area (Å²) in [5.74, 6) is 0.702. The van der Waals surface area contributed by atoms with Gasteiger partial charge < -0.3 is 0 Å². The summed E-state index contributed by atoms with van der Waals surface area (Å²) < 4.78 is 0. The Morgan fingerprint density at radius 2 is 0.623 bits per heavy atom. The van der Waals surface area contributed by atoms with Crippen LogP contribution in [0.25, 0.3) is 78.4 Å². The van der Waals surface area contributed by atoms with Crippen molar-refractivity contribution >= 4 is 0 Å². The Bertz CT molecular complexity index is 3080. The molecule has 0 radical (unpaired) electrons. The topological polar surface area (TPSA) is 25.8 Å². The molecule has 2 nitrogen and oxygen atoms in total. The highest BCUT2D eigenvalue weighted by Crippen LogP contribution is 2.56. The van der Waals surface area contributed by atoms with E-state index in [0.717, 1.165) is 44.8 Å². The third-order valence-electron chi connectivity index (χ3n) is 12.2. The Hall–Kier alpha value is -7.94. The van der Waals surface area contributed by atoms with Gasteiger partial charge in [0.15, 0.2) is 5.82 Å². The van der Waals surface area contributed by atoms with Crippen LogP contribution in [-0.4, -0.2) is 9.97 Å². The summed E-state index contributed by atoms with van der Waals surface area (Å²) in [6, 6.07) is 87.1. The van der Waals surface area contributed by atoms with Crippen LogP contribution in [-0.2, 0) is 5.41 Å². The highest BCUT2D eigenvalue weighted by atomic mass is 14.9. The maximum absolute atomic E-state index is 5.10. The lowest BCUT2D eigenvalue weighted by molar-refractivity contribution is 0.768. The van der Waals surface area contributed by atoms with Gasteiger partial charge in [-0.3, -0.25) is 0 Å². The minimum atomic E-state index is -0.409. The number of hydrogen-bond donors (Lipinski definition) is 0. The van der Waals surface area contributed by atoms with E-state index in [9.17, 15) is 0 Å². The molecule has 0 spiro atoms. The molecule has 1 aliphatic rings. The zero-order valence-electron chi connectivity index (χ0n) is 33.5. The van der Waals surface area contributed by atoms with Crippen LogP contribution in [0, 0.1) is 0 Å². The summed E-state index contributed by atoms with van der Waals surface area (Å²) in [6.45, 7) is 0. The predicted molar refractivity (Wildman–Crippen MR) is 252 cm³/mol. The van der Waals surface area contributed by atoms with Gasteiger partial charge in [-0.25, -0.2) is 9.97 Å². The van der Waals surface area contributed by atoms with E-state index in [2.05, 4.69) is 231 Å².